The van der Waals surface area contributed by atoms with Gasteiger partial charge in [0.2, 0.25) is 0 Å². The molecule has 0 atom stereocenters. The smallest absolute Gasteiger partial charge is 0.254 e. The lowest BCUT2D eigenvalue weighted by atomic mass is 9.90. The van der Waals surface area contributed by atoms with Crippen LogP contribution in [0.1, 0.15) is 58.6 Å². The number of aromatic nitrogens is 3. The summed E-state index contributed by atoms with van der Waals surface area (Å²) >= 11 is 0. The van der Waals surface area contributed by atoms with Crippen molar-refractivity contribution in [1.29, 1.82) is 0 Å². The van der Waals surface area contributed by atoms with Crippen molar-refractivity contribution in [1.82, 2.24) is 14.9 Å². The number of Topliss-reactive ketones (excluding diaryl/α,β-unsaturated/α-hetero) is 1. The molecule has 32 heavy (non-hydrogen) atoms. The number of hydrogen-bond acceptors (Lipinski definition) is 5. The SMILES string of the molecule is [C-]#[N+]c1c(-c2ccc(CC(=O)Cc3cc(CC(C)(C)C)no3)cc2)nn(C(C)(C)C)c1N. The Kier molecular flexibility index (Phi) is 6.27. The van der Waals surface area contributed by atoms with Gasteiger partial charge in [-0.1, -0.05) is 50.2 Å². The first-order chi connectivity index (χ1) is 14.9. The average Bonchev–Trinajstić information content (AvgIpc) is 3.24. The third kappa shape index (κ3) is 5.44. The summed E-state index contributed by atoms with van der Waals surface area (Å²) in [6, 6.07) is 9.40. The number of benzene rings is 1. The predicted octanol–water partition coefficient (Wildman–Crippen LogP) is 5.37. The molecule has 0 unspecified atom stereocenters. The second-order valence-electron chi connectivity index (χ2n) is 10.4. The van der Waals surface area contributed by atoms with Crippen LogP contribution in [0.4, 0.5) is 11.5 Å². The molecule has 0 saturated carbocycles. The molecule has 0 aliphatic heterocycles. The second-order valence-corrected chi connectivity index (χ2v) is 10.4. The molecule has 2 heterocycles. The molecule has 1 aromatic carbocycles. The van der Waals surface area contributed by atoms with Crippen LogP contribution < -0.4 is 5.73 Å². The number of anilines is 1. The summed E-state index contributed by atoms with van der Waals surface area (Å²) in [5.41, 5.74) is 9.41. The van der Waals surface area contributed by atoms with Gasteiger partial charge in [0.05, 0.1) is 24.2 Å². The third-order valence-corrected chi connectivity index (χ3v) is 4.96. The Morgan fingerprint density at radius 1 is 1.12 bits per heavy atom. The van der Waals surface area contributed by atoms with Crippen LogP contribution in [-0.4, -0.2) is 20.7 Å². The van der Waals surface area contributed by atoms with Crippen LogP contribution in [0.5, 0.6) is 0 Å². The van der Waals surface area contributed by atoms with E-state index in [0.717, 1.165) is 23.2 Å². The Morgan fingerprint density at radius 2 is 1.78 bits per heavy atom. The van der Waals surface area contributed by atoms with Crippen LogP contribution in [0.15, 0.2) is 34.9 Å². The van der Waals surface area contributed by atoms with Gasteiger partial charge in [0.25, 0.3) is 5.69 Å². The Labute approximate surface area is 189 Å². The molecule has 7 heteroatoms. The lowest BCUT2D eigenvalue weighted by Gasteiger charge is -2.21. The van der Waals surface area contributed by atoms with Crippen molar-refractivity contribution in [2.75, 3.05) is 5.73 Å². The van der Waals surface area contributed by atoms with E-state index in [1.807, 2.05) is 51.1 Å². The molecule has 3 rings (SSSR count). The zero-order valence-corrected chi connectivity index (χ0v) is 19.7. The molecule has 0 aliphatic carbocycles. The molecule has 0 aliphatic rings. The van der Waals surface area contributed by atoms with Crippen molar-refractivity contribution in [3.8, 4) is 11.3 Å². The van der Waals surface area contributed by atoms with Gasteiger partial charge in [-0.05, 0) is 43.7 Å². The minimum Gasteiger partial charge on any atom is -0.393 e. The zero-order valence-electron chi connectivity index (χ0n) is 19.7. The predicted molar refractivity (Wildman–Crippen MR) is 125 cm³/mol. The highest BCUT2D eigenvalue weighted by molar-refractivity contribution is 5.84. The monoisotopic (exact) mass is 433 g/mol. The van der Waals surface area contributed by atoms with Crippen molar-refractivity contribution in [2.45, 2.75) is 66.3 Å². The van der Waals surface area contributed by atoms with E-state index >= 15 is 0 Å². The maximum atomic E-state index is 12.5. The van der Waals surface area contributed by atoms with E-state index < -0.39 is 0 Å². The summed E-state index contributed by atoms with van der Waals surface area (Å²) < 4.78 is 7.02. The number of carbonyl (C=O) groups is 1. The summed E-state index contributed by atoms with van der Waals surface area (Å²) in [6.45, 7) is 19.9. The highest BCUT2D eigenvalue weighted by Gasteiger charge is 2.24. The maximum Gasteiger partial charge on any atom is 0.254 e. The first-order valence-electron chi connectivity index (χ1n) is 10.7. The van der Waals surface area contributed by atoms with E-state index in [1.54, 1.807) is 4.68 Å². The minimum atomic E-state index is -0.332. The van der Waals surface area contributed by atoms with Gasteiger partial charge in [0, 0.05) is 12.5 Å². The van der Waals surface area contributed by atoms with Crippen LogP contribution in [-0.2, 0) is 29.6 Å². The Bertz CT molecular complexity index is 1150. The second kappa shape index (κ2) is 8.62. The van der Waals surface area contributed by atoms with Gasteiger partial charge in [-0.15, -0.1) is 0 Å². The van der Waals surface area contributed by atoms with Crippen LogP contribution >= 0.6 is 0 Å². The molecule has 0 bridgehead atoms. The molecular formula is C25H31N5O2. The molecule has 0 fully saturated rings. The van der Waals surface area contributed by atoms with Crippen LogP contribution in [0.3, 0.4) is 0 Å². The minimum absolute atomic E-state index is 0.0549. The summed E-state index contributed by atoms with van der Waals surface area (Å²) in [5, 5.41) is 8.67. The Hall–Kier alpha value is -3.40. The summed E-state index contributed by atoms with van der Waals surface area (Å²) in [7, 11) is 0. The van der Waals surface area contributed by atoms with Gasteiger partial charge in [0.15, 0.2) is 0 Å². The summed E-state index contributed by atoms with van der Waals surface area (Å²) in [4.78, 5) is 16.1. The molecule has 7 nitrogen and oxygen atoms in total. The van der Waals surface area contributed by atoms with Gasteiger partial charge in [0.1, 0.15) is 23.1 Å². The summed E-state index contributed by atoms with van der Waals surface area (Å²) in [6.07, 6.45) is 1.31. The van der Waals surface area contributed by atoms with Crippen LogP contribution in [0.2, 0.25) is 0 Å². The number of nitrogen functional groups attached to an aromatic ring is 1. The molecule has 168 valence electrons. The largest absolute Gasteiger partial charge is 0.393 e. The number of carbonyl (C=O) groups excluding carboxylic acids is 1. The Morgan fingerprint density at radius 3 is 2.34 bits per heavy atom. The third-order valence-electron chi connectivity index (χ3n) is 4.96. The van der Waals surface area contributed by atoms with E-state index in [4.69, 9.17) is 16.8 Å². The number of nitrogens with zero attached hydrogens (tertiary/aromatic N) is 4. The lowest BCUT2D eigenvalue weighted by Crippen LogP contribution is -2.24. The highest BCUT2D eigenvalue weighted by atomic mass is 16.5. The molecule has 0 amide bonds. The topological polar surface area (TPSA) is 91.3 Å². The number of ketones is 1. The quantitative estimate of drug-likeness (QED) is 0.528. The Balaban J connectivity index is 1.71. The van der Waals surface area contributed by atoms with E-state index in [9.17, 15) is 4.79 Å². The standard InChI is InChI=1S/C25H31N5O2/c1-24(2,3)15-18-13-20(32-29-18)14-19(31)12-16-8-10-17(11-9-16)21-22(27-7)23(26)30(28-21)25(4,5)6/h8-11,13H,12,14-15,26H2,1-6H3. The van der Waals surface area contributed by atoms with Gasteiger partial charge in [-0.2, -0.15) is 5.10 Å². The fourth-order valence-corrected chi connectivity index (χ4v) is 3.57. The van der Waals surface area contributed by atoms with E-state index in [1.165, 1.54) is 0 Å². The average molecular weight is 434 g/mol. The van der Waals surface area contributed by atoms with Crippen molar-refractivity contribution in [3.05, 3.63) is 58.8 Å². The summed E-state index contributed by atoms with van der Waals surface area (Å²) in [5.74, 6) is 1.01. The molecule has 2 N–H and O–H groups in total. The molecule has 3 aromatic rings. The van der Waals surface area contributed by atoms with E-state index in [2.05, 4.69) is 35.9 Å². The lowest BCUT2D eigenvalue weighted by molar-refractivity contribution is -0.118. The van der Waals surface area contributed by atoms with Gasteiger partial charge in [-0.25, -0.2) is 4.85 Å². The fourth-order valence-electron chi connectivity index (χ4n) is 3.57. The highest BCUT2D eigenvalue weighted by Crippen LogP contribution is 2.37. The van der Waals surface area contributed by atoms with Crippen LogP contribution in [0.25, 0.3) is 16.1 Å². The molecule has 2 aromatic heterocycles. The van der Waals surface area contributed by atoms with Gasteiger partial charge in [-0.3, -0.25) is 9.48 Å². The number of nitrogens with two attached hydrogens (primary N) is 1. The van der Waals surface area contributed by atoms with Gasteiger partial charge >= 0.3 is 0 Å². The molecular weight excluding hydrogens is 402 g/mol. The zero-order chi connectivity index (χ0) is 23.7. The molecule has 0 spiro atoms. The first kappa shape index (κ1) is 23.3. The first-order valence-corrected chi connectivity index (χ1v) is 10.7. The number of hydrogen-bond donors (Lipinski definition) is 1. The number of rotatable bonds is 6. The molecule has 0 radical (unpaired) electrons. The van der Waals surface area contributed by atoms with Crippen molar-refractivity contribution in [3.63, 3.8) is 0 Å². The normalized spacial score (nSPS) is 12.0. The van der Waals surface area contributed by atoms with Crippen molar-refractivity contribution < 1.29 is 9.32 Å². The fraction of sp³-hybridized carbons (Fsp3) is 0.440. The van der Waals surface area contributed by atoms with E-state index in [-0.39, 0.29) is 23.2 Å². The molecule has 0 saturated heterocycles. The van der Waals surface area contributed by atoms with Crippen molar-refractivity contribution >= 4 is 17.3 Å². The van der Waals surface area contributed by atoms with E-state index in [0.29, 0.717) is 29.4 Å². The van der Waals surface area contributed by atoms with Crippen LogP contribution in [0, 0.1) is 12.0 Å². The van der Waals surface area contributed by atoms with Crippen molar-refractivity contribution in [2.24, 2.45) is 5.41 Å². The van der Waals surface area contributed by atoms with Gasteiger partial charge < -0.3 is 10.3 Å². The maximum absolute atomic E-state index is 12.5.